The van der Waals surface area contributed by atoms with Crippen LogP contribution >= 0.6 is 0 Å². The molecule has 1 atom stereocenters. The summed E-state index contributed by atoms with van der Waals surface area (Å²) in [6.07, 6.45) is -7.97. The summed E-state index contributed by atoms with van der Waals surface area (Å²) >= 11 is 0. The van der Waals surface area contributed by atoms with Crippen molar-refractivity contribution in [1.29, 1.82) is 0 Å². The zero-order chi connectivity index (χ0) is 25.4. The fraction of sp³-hybridized carbons (Fsp3) is 0.182. The summed E-state index contributed by atoms with van der Waals surface area (Å²) in [4.78, 5) is 20.3. The predicted octanol–water partition coefficient (Wildman–Crippen LogP) is 5.69. The van der Waals surface area contributed by atoms with E-state index in [-0.39, 0.29) is 23.8 Å². The van der Waals surface area contributed by atoms with Crippen molar-refractivity contribution in [1.82, 2.24) is 15.0 Å². The number of rotatable bonds is 3. The van der Waals surface area contributed by atoms with Crippen molar-refractivity contribution in [3.8, 4) is 0 Å². The number of aromatic nitrogens is 2. The Labute approximate surface area is 193 Å². The zero-order valence-corrected chi connectivity index (χ0v) is 17.4. The highest BCUT2D eigenvalue weighted by atomic mass is 19.4. The number of carbonyl (C=O) groups excluding carboxylic acids is 1. The molecule has 1 aliphatic rings. The van der Waals surface area contributed by atoms with E-state index in [0.717, 1.165) is 41.4 Å². The number of halogens is 7. The molecule has 4 rings (SSSR count). The van der Waals surface area contributed by atoms with Crippen LogP contribution in [0, 0.1) is 5.82 Å². The third-order valence-electron chi connectivity index (χ3n) is 5.06. The predicted molar refractivity (Wildman–Crippen MR) is 110 cm³/mol. The minimum absolute atomic E-state index is 0.0501. The van der Waals surface area contributed by atoms with Crippen molar-refractivity contribution in [2.24, 2.45) is 5.10 Å². The summed E-state index contributed by atoms with van der Waals surface area (Å²) in [6, 6.07) is 7.97. The Bertz CT molecular complexity index is 1240. The highest BCUT2D eigenvalue weighted by molar-refractivity contribution is 6.07. The van der Waals surface area contributed by atoms with E-state index in [1.54, 1.807) is 0 Å². The van der Waals surface area contributed by atoms with E-state index in [9.17, 15) is 35.5 Å². The molecule has 2 aromatic carbocycles. The molecule has 1 aromatic heterocycles. The Morgan fingerprint density at radius 1 is 0.857 bits per heavy atom. The molecule has 0 saturated heterocycles. The van der Waals surface area contributed by atoms with Gasteiger partial charge in [0.25, 0.3) is 0 Å². The van der Waals surface area contributed by atoms with Gasteiger partial charge in [0.2, 0.25) is 0 Å². The molecule has 1 aliphatic heterocycles. The van der Waals surface area contributed by atoms with Crippen molar-refractivity contribution in [2.45, 2.75) is 18.3 Å². The lowest BCUT2D eigenvalue weighted by Gasteiger charge is -2.15. The second kappa shape index (κ2) is 8.96. The molecule has 2 amide bonds. The number of hydrogen-bond donors (Lipinski definition) is 1. The van der Waals surface area contributed by atoms with Gasteiger partial charge in [-0.3, -0.25) is 0 Å². The zero-order valence-electron chi connectivity index (χ0n) is 17.4. The van der Waals surface area contributed by atoms with E-state index in [4.69, 9.17) is 0 Å². The summed E-state index contributed by atoms with van der Waals surface area (Å²) in [5, 5.41) is 7.56. The average Bonchev–Trinajstić information content (AvgIpc) is 3.24. The summed E-state index contributed by atoms with van der Waals surface area (Å²) in [5.74, 6) is -1.43. The standard InChI is InChI=1S/C22H14F7N5O/c23-15-5-1-12(2-6-15)18-17(19-30-9-14(10-31-19)22(27,28)29)11-34(33-18)20(35)32-16-7-3-13(4-8-16)21(24,25)26/h1-10,17H,11H2,(H,32,35). The lowest BCUT2D eigenvalue weighted by Crippen LogP contribution is -2.30. The van der Waals surface area contributed by atoms with E-state index in [2.05, 4.69) is 20.4 Å². The quantitative estimate of drug-likeness (QED) is 0.473. The minimum Gasteiger partial charge on any atom is -0.306 e. The Kier molecular flexibility index (Phi) is 6.17. The topological polar surface area (TPSA) is 70.5 Å². The highest BCUT2D eigenvalue weighted by Gasteiger charge is 2.36. The van der Waals surface area contributed by atoms with Crippen LogP contribution in [0.15, 0.2) is 66.0 Å². The number of hydrogen-bond acceptors (Lipinski definition) is 4. The van der Waals surface area contributed by atoms with Gasteiger partial charge in [0.05, 0.1) is 29.3 Å². The van der Waals surface area contributed by atoms with Crippen LogP contribution in [0.25, 0.3) is 0 Å². The van der Waals surface area contributed by atoms with Crippen LogP contribution in [-0.2, 0) is 12.4 Å². The van der Waals surface area contributed by atoms with Gasteiger partial charge in [-0.15, -0.1) is 0 Å². The van der Waals surface area contributed by atoms with Crippen LogP contribution in [0.3, 0.4) is 0 Å². The molecule has 1 unspecified atom stereocenters. The number of nitrogens with one attached hydrogen (secondary N) is 1. The van der Waals surface area contributed by atoms with Crippen LogP contribution in [0.4, 0.5) is 41.2 Å². The molecule has 3 aromatic rings. The third kappa shape index (κ3) is 5.39. The molecule has 0 aliphatic carbocycles. The molecule has 6 nitrogen and oxygen atoms in total. The number of benzene rings is 2. The van der Waals surface area contributed by atoms with Crippen LogP contribution in [-0.4, -0.2) is 33.3 Å². The van der Waals surface area contributed by atoms with E-state index in [1.807, 2.05) is 0 Å². The van der Waals surface area contributed by atoms with Gasteiger partial charge in [-0.05, 0) is 42.0 Å². The molecule has 0 fully saturated rings. The Morgan fingerprint density at radius 2 is 1.43 bits per heavy atom. The fourth-order valence-electron chi connectivity index (χ4n) is 3.31. The van der Waals surface area contributed by atoms with Gasteiger partial charge in [-0.25, -0.2) is 24.2 Å². The van der Waals surface area contributed by atoms with Crippen molar-refractivity contribution >= 4 is 17.4 Å². The number of anilines is 1. The largest absolute Gasteiger partial charge is 0.419 e. The second-order valence-electron chi connectivity index (χ2n) is 7.46. The third-order valence-corrected chi connectivity index (χ3v) is 5.06. The molecule has 1 N–H and O–H groups in total. The van der Waals surface area contributed by atoms with Crippen molar-refractivity contribution in [2.75, 3.05) is 11.9 Å². The summed E-state index contributed by atoms with van der Waals surface area (Å²) in [6.45, 7) is -0.176. The first-order chi connectivity index (χ1) is 16.4. The lowest BCUT2D eigenvalue weighted by molar-refractivity contribution is -0.138. The number of hydrazone groups is 1. The molecule has 0 radical (unpaired) electrons. The average molecular weight is 497 g/mol. The first-order valence-electron chi connectivity index (χ1n) is 9.91. The Balaban J connectivity index is 1.60. The van der Waals surface area contributed by atoms with Gasteiger partial charge in [-0.1, -0.05) is 12.1 Å². The van der Waals surface area contributed by atoms with Crippen molar-refractivity contribution < 1.29 is 35.5 Å². The maximum atomic E-state index is 13.4. The number of nitrogens with zero attached hydrogens (tertiary/aromatic N) is 4. The number of amides is 2. The second-order valence-corrected chi connectivity index (χ2v) is 7.46. The molecule has 0 bridgehead atoms. The van der Waals surface area contributed by atoms with Crippen LogP contribution in [0.1, 0.15) is 28.4 Å². The van der Waals surface area contributed by atoms with Gasteiger partial charge >= 0.3 is 18.4 Å². The molecule has 13 heteroatoms. The smallest absolute Gasteiger partial charge is 0.306 e. The molecular weight excluding hydrogens is 483 g/mol. The van der Waals surface area contributed by atoms with Gasteiger partial charge in [0.15, 0.2) is 0 Å². The van der Waals surface area contributed by atoms with E-state index < -0.39 is 41.2 Å². The van der Waals surface area contributed by atoms with Gasteiger partial charge < -0.3 is 5.32 Å². The Morgan fingerprint density at radius 3 is 1.97 bits per heavy atom. The van der Waals surface area contributed by atoms with E-state index in [0.29, 0.717) is 18.0 Å². The molecular formula is C22H14F7N5O. The SMILES string of the molecule is O=C(Nc1ccc(C(F)(F)F)cc1)N1CC(c2ncc(C(F)(F)F)cn2)C(c2ccc(F)cc2)=N1. The monoisotopic (exact) mass is 497 g/mol. The summed E-state index contributed by atoms with van der Waals surface area (Å²) < 4.78 is 90.2. The molecule has 0 saturated carbocycles. The van der Waals surface area contributed by atoms with Crippen molar-refractivity contribution in [3.05, 3.63) is 89.3 Å². The minimum atomic E-state index is -4.64. The van der Waals surface area contributed by atoms with Crippen molar-refractivity contribution in [3.63, 3.8) is 0 Å². The van der Waals surface area contributed by atoms with Crippen LogP contribution in [0.5, 0.6) is 0 Å². The van der Waals surface area contributed by atoms with Gasteiger partial charge in [-0.2, -0.15) is 31.4 Å². The lowest BCUT2D eigenvalue weighted by atomic mass is 9.96. The molecule has 2 heterocycles. The molecule has 35 heavy (non-hydrogen) atoms. The summed E-state index contributed by atoms with van der Waals surface area (Å²) in [7, 11) is 0. The van der Waals surface area contributed by atoms with E-state index in [1.165, 1.54) is 12.1 Å². The first-order valence-corrected chi connectivity index (χ1v) is 9.91. The summed E-state index contributed by atoms with van der Waals surface area (Å²) in [5.41, 5.74) is -1.31. The normalized spacial score (nSPS) is 16.3. The van der Waals surface area contributed by atoms with Gasteiger partial charge in [0.1, 0.15) is 11.6 Å². The van der Waals surface area contributed by atoms with Gasteiger partial charge in [0, 0.05) is 18.1 Å². The number of alkyl halides is 6. The highest BCUT2D eigenvalue weighted by Crippen LogP contribution is 2.32. The number of carbonyl (C=O) groups is 1. The molecule has 182 valence electrons. The van der Waals surface area contributed by atoms with E-state index >= 15 is 0 Å². The van der Waals surface area contributed by atoms with Crippen LogP contribution in [0.2, 0.25) is 0 Å². The fourth-order valence-corrected chi connectivity index (χ4v) is 3.31. The maximum Gasteiger partial charge on any atom is 0.419 e. The van der Waals surface area contributed by atoms with Crippen LogP contribution < -0.4 is 5.32 Å². The molecule has 0 spiro atoms. The maximum absolute atomic E-state index is 13.4. The first kappa shape index (κ1) is 24.1. The Hall–Kier alpha value is -4.03. The number of urea groups is 1.